The minimum Gasteiger partial charge on any atom is -0.494 e. The number of rotatable bonds is 3. The lowest BCUT2D eigenvalue weighted by Crippen LogP contribution is -2.49. The zero-order valence-electron chi connectivity index (χ0n) is 8.80. The van der Waals surface area contributed by atoms with Gasteiger partial charge < -0.3 is 9.47 Å². The van der Waals surface area contributed by atoms with Crippen LogP contribution < -0.4 is 4.74 Å². The topological polar surface area (TPSA) is 18.5 Å². The van der Waals surface area contributed by atoms with Crippen molar-refractivity contribution in [2.75, 3.05) is 26.1 Å². The predicted octanol–water partition coefficient (Wildman–Crippen LogP) is 2.17. The summed E-state index contributed by atoms with van der Waals surface area (Å²) in [7, 11) is 1.30. The summed E-state index contributed by atoms with van der Waals surface area (Å²) in [5.74, 6) is -0.700. The Morgan fingerprint density at radius 3 is 2.50 bits per heavy atom. The average molecular weight is 246 g/mol. The summed E-state index contributed by atoms with van der Waals surface area (Å²) in [6.07, 6.45) is 0. The second-order valence-corrected chi connectivity index (χ2v) is 4.21. The molecule has 0 N–H and O–H groups in total. The number of ether oxygens (including phenoxy) is 2. The molecule has 0 bridgehead atoms. The highest BCUT2D eigenvalue weighted by Crippen LogP contribution is 2.37. The minimum absolute atomic E-state index is 0.0872. The summed E-state index contributed by atoms with van der Waals surface area (Å²) in [5, 5.41) is 0. The molecule has 0 aliphatic carbocycles. The van der Waals surface area contributed by atoms with Crippen LogP contribution in [0.15, 0.2) is 12.1 Å². The smallest absolute Gasteiger partial charge is 0.165 e. The molecule has 0 radical (unpaired) electrons. The van der Waals surface area contributed by atoms with Crippen molar-refractivity contribution in [2.45, 2.75) is 5.41 Å². The molecule has 0 amide bonds. The van der Waals surface area contributed by atoms with Crippen molar-refractivity contribution in [3.05, 3.63) is 29.3 Å². The van der Waals surface area contributed by atoms with Crippen molar-refractivity contribution in [1.82, 2.24) is 0 Å². The van der Waals surface area contributed by atoms with E-state index in [2.05, 4.69) is 12.6 Å². The van der Waals surface area contributed by atoms with Gasteiger partial charge in [-0.05, 0) is 6.07 Å². The van der Waals surface area contributed by atoms with Gasteiger partial charge in [0.15, 0.2) is 11.6 Å². The molecule has 1 aromatic rings. The van der Waals surface area contributed by atoms with Crippen LogP contribution in [0.2, 0.25) is 0 Å². The molecule has 88 valence electrons. The van der Waals surface area contributed by atoms with Gasteiger partial charge in [-0.3, -0.25) is 0 Å². The van der Waals surface area contributed by atoms with E-state index in [1.807, 2.05) is 0 Å². The van der Waals surface area contributed by atoms with E-state index >= 15 is 0 Å². The largest absolute Gasteiger partial charge is 0.494 e. The summed E-state index contributed by atoms with van der Waals surface area (Å²) in [4.78, 5) is 0. The summed E-state index contributed by atoms with van der Waals surface area (Å²) in [6, 6.07) is 2.24. The highest BCUT2D eigenvalue weighted by atomic mass is 32.1. The Kier molecular flexibility index (Phi) is 3.08. The first kappa shape index (κ1) is 11.7. The van der Waals surface area contributed by atoms with Crippen molar-refractivity contribution in [3.8, 4) is 5.75 Å². The number of halogens is 2. The second-order valence-electron chi connectivity index (χ2n) is 3.90. The van der Waals surface area contributed by atoms with Gasteiger partial charge in [0.25, 0.3) is 0 Å². The van der Waals surface area contributed by atoms with Crippen LogP contribution in [0, 0.1) is 11.6 Å². The quantitative estimate of drug-likeness (QED) is 0.824. The summed E-state index contributed by atoms with van der Waals surface area (Å²) in [5.41, 5.74) is -0.188. The van der Waals surface area contributed by atoms with Gasteiger partial charge in [0.05, 0.1) is 25.7 Å². The highest BCUT2D eigenvalue weighted by Gasteiger charge is 2.41. The normalized spacial score (nSPS) is 18.0. The monoisotopic (exact) mass is 246 g/mol. The van der Waals surface area contributed by atoms with Crippen LogP contribution >= 0.6 is 12.6 Å². The van der Waals surface area contributed by atoms with Crippen molar-refractivity contribution in [2.24, 2.45) is 0 Å². The summed E-state index contributed by atoms with van der Waals surface area (Å²) >= 11 is 4.17. The molecule has 1 aliphatic heterocycles. The summed E-state index contributed by atoms with van der Waals surface area (Å²) in [6.45, 7) is 0.748. The highest BCUT2D eigenvalue weighted by molar-refractivity contribution is 7.80. The van der Waals surface area contributed by atoms with Gasteiger partial charge >= 0.3 is 0 Å². The average Bonchev–Trinajstić information content (AvgIpc) is 2.22. The molecule has 0 aromatic heterocycles. The first-order chi connectivity index (χ1) is 7.63. The van der Waals surface area contributed by atoms with Crippen LogP contribution in [0.25, 0.3) is 0 Å². The lowest BCUT2D eigenvalue weighted by atomic mass is 9.80. The lowest BCUT2D eigenvalue weighted by Gasteiger charge is -2.41. The van der Waals surface area contributed by atoms with Crippen LogP contribution in [0.5, 0.6) is 5.75 Å². The van der Waals surface area contributed by atoms with Crippen LogP contribution in [0.4, 0.5) is 8.78 Å². The van der Waals surface area contributed by atoms with Gasteiger partial charge in [-0.2, -0.15) is 12.6 Å². The Morgan fingerprint density at radius 2 is 2.06 bits per heavy atom. The van der Waals surface area contributed by atoms with Crippen LogP contribution in [0.1, 0.15) is 5.56 Å². The molecule has 0 atom stereocenters. The number of methoxy groups -OCH3 is 1. The van der Waals surface area contributed by atoms with Gasteiger partial charge in [0, 0.05) is 17.4 Å². The Bertz CT molecular complexity index is 400. The molecule has 2 rings (SSSR count). The molecule has 1 aliphatic rings. The Balaban J connectivity index is 2.45. The van der Waals surface area contributed by atoms with E-state index in [1.165, 1.54) is 13.2 Å². The van der Waals surface area contributed by atoms with E-state index in [4.69, 9.17) is 9.47 Å². The fraction of sp³-hybridized carbons (Fsp3) is 0.455. The maximum absolute atomic E-state index is 13.8. The predicted molar refractivity (Wildman–Crippen MR) is 59.3 cm³/mol. The molecule has 1 saturated heterocycles. The zero-order valence-corrected chi connectivity index (χ0v) is 9.69. The standard InChI is InChI=1S/C11H12F2O2S/c1-14-10-3-8(12)7(2-9(10)13)11(6-16)4-15-5-11/h2-3,16H,4-6H2,1H3. The first-order valence-electron chi connectivity index (χ1n) is 4.85. The Labute approximate surface area is 98.0 Å². The molecular weight excluding hydrogens is 234 g/mol. The van der Waals surface area contributed by atoms with Crippen molar-refractivity contribution >= 4 is 12.6 Å². The number of thiol groups is 1. The molecule has 2 nitrogen and oxygen atoms in total. The first-order valence-corrected chi connectivity index (χ1v) is 5.48. The molecule has 0 saturated carbocycles. The van der Waals surface area contributed by atoms with Crippen LogP contribution in [0.3, 0.4) is 0 Å². The number of benzene rings is 1. The van der Waals surface area contributed by atoms with Crippen molar-refractivity contribution in [3.63, 3.8) is 0 Å². The van der Waals surface area contributed by atoms with Gasteiger partial charge in [-0.1, -0.05) is 0 Å². The van der Waals surface area contributed by atoms with E-state index in [1.54, 1.807) is 0 Å². The molecule has 5 heteroatoms. The van der Waals surface area contributed by atoms with Gasteiger partial charge in [-0.25, -0.2) is 8.78 Å². The van der Waals surface area contributed by atoms with Crippen molar-refractivity contribution < 1.29 is 18.3 Å². The lowest BCUT2D eigenvalue weighted by molar-refractivity contribution is -0.0488. The van der Waals surface area contributed by atoms with Gasteiger partial charge in [0.2, 0.25) is 0 Å². The van der Waals surface area contributed by atoms with Gasteiger partial charge in [-0.15, -0.1) is 0 Å². The van der Waals surface area contributed by atoms with E-state index in [9.17, 15) is 8.78 Å². The Morgan fingerprint density at radius 1 is 1.38 bits per heavy atom. The van der Waals surface area contributed by atoms with Crippen molar-refractivity contribution in [1.29, 1.82) is 0 Å². The van der Waals surface area contributed by atoms with Crippen LogP contribution in [-0.4, -0.2) is 26.1 Å². The van der Waals surface area contributed by atoms with E-state index in [0.29, 0.717) is 24.5 Å². The Hall–Kier alpha value is -0.810. The molecule has 1 aromatic carbocycles. The third-order valence-electron chi connectivity index (χ3n) is 2.87. The zero-order chi connectivity index (χ0) is 11.8. The third-order valence-corrected chi connectivity index (χ3v) is 3.48. The SMILES string of the molecule is COc1cc(F)c(C2(CS)COC2)cc1F. The molecule has 0 spiro atoms. The summed E-state index contributed by atoms with van der Waals surface area (Å²) < 4.78 is 37.1. The number of hydrogen-bond acceptors (Lipinski definition) is 3. The van der Waals surface area contributed by atoms with E-state index in [0.717, 1.165) is 6.07 Å². The fourth-order valence-corrected chi connectivity index (χ4v) is 2.12. The third kappa shape index (κ3) is 1.68. The van der Waals surface area contributed by atoms with Crippen LogP contribution in [-0.2, 0) is 10.2 Å². The second kappa shape index (κ2) is 4.22. The molecule has 1 fully saturated rings. The molecule has 0 unspecified atom stereocenters. The van der Waals surface area contributed by atoms with Gasteiger partial charge in [0.1, 0.15) is 5.82 Å². The fourth-order valence-electron chi connectivity index (χ4n) is 1.77. The minimum atomic E-state index is -0.563. The molecule has 1 heterocycles. The molecular formula is C11H12F2O2S. The molecule has 16 heavy (non-hydrogen) atoms. The maximum atomic E-state index is 13.8. The number of hydrogen-bond donors (Lipinski definition) is 1. The van der Waals surface area contributed by atoms with E-state index in [-0.39, 0.29) is 5.75 Å². The van der Waals surface area contributed by atoms with E-state index < -0.39 is 17.0 Å². The maximum Gasteiger partial charge on any atom is 0.165 e.